The highest BCUT2D eigenvalue weighted by atomic mass is 19.2. The van der Waals surface area contributed by atoms with Crippen molar-refractivity contribution in [2.24, 2.45) is 5.73 Å². The van der Waals surface area contributed by atoms with E-state index in [4.69, 9.17) is 5.73 Å². The van der Waals surface area contributed by atoms with Crippen LogP contribution >= 0.6 is 0 Å². The van der Waals surface area contributed by atoms with E-state index in [0.29, 0.717) is 29.3 Å². The number of halogens is 3. The zero-order valence-electron chi connectivity index (χ0n) is 16.2. The van der Waals surface area contributed by atoms with Gasteiger partial charge in [0, 0.05) is 24.6 Å². The molecule has 2 aromatic heterocycles. The Balaban J connectivity index is 2.05. The first-order valence-electron chi connectivity index (χ1n) is 9.10. The van der Waals surface area contributed by atoms with E-state index >= 15 is 0 Å². The van der Waals surface area contributed by atoms with Crippen molar-refractivity contribution in [1.82, 2.24) is 19.5 Å². The van der Waals surface area contributed by atoms with Gasteiger partial charge in [-0.25, -0.2) is 23.1 Å². The van der Waals surface area contributed by atoms with Crippen LogP contribution in [0, 0.1) is 0 Å². The summed E-state index contributed by atoms with van der Waals surface area (Å²) in [4.78, 5) is 24.3. The van der Waals surface area contributed by atoms with Gasteiger partial charge in [-0.2, -0.15) is 4.98 Å². The zero-order chi connectivity index (χ0) is 21.3. The molecule has 2 heterocycles. The van der Waals surface area contributed by atoms with Gasteiger partial charge in [-0.3, -0.25) is 9.36 Å². The molecule has 2 unspecified atom stereocenters. The minimum Gasteiger partial charge on any atom is -0.370 e. The number of fused-ring (bicyclic) bond motifs is 1. The Labute approximate surface area is 165 Å². The Bertz CT molecular complexity index is 985. The Morgan fingerprint density at radius 3 is 2.66 bits per heavy atom. The molecule has 0 aromatic carbocycles. The topological polar surface area (TPSA) is 111 Å². The van der Waals surface area contributed by atoms with Crippen LogP contribution in [-0.4, -0.2) is 43.7 Å². The normalized spacial score (nSPS) is 20.4. The van der Waals surface area contributed by atoms with Crippen molar-refractivity contribution < 1.29 is 18.0 Å². The van der Waals surface area contributed by atoms with Crippen LogP contribution < -0.4 is 16.4 Å². The molecule has 0 fully saturated rings. The average Bonchev–Trinajstić information content (AvgIpc) is 2.94. The summed E-state index contributed by atoms with van der Waals surface area (Å²) >= 11 is 0. The molecule has 0 aliphatic heterocycles. The second kappa shape index (κ2) is 8.10. The van der Waals surface area contributed by atoms with Crippen LogP contribution in [0.25, 0.3) is 11.2 Å². The van der Waals surface area contributed by atoms with Crippen LogP contribution in [0.4, 0.5) is 25.1 Å². The highest BCUT2D eigenvalue weighted by Gasteiger charge is 2.31. The van der Waals surface area contributed by atoms with Crippen molar-refractivity contribution in [2.75, 3.05) is 10.6 Å². The van der Waals surface area contributed by atoms with Crippen LogP contribution in [-0.2, 0) is 4.79 Å². The molecule has 29 heavy (non-hydrogen) atoms. The number of hydrogen-bond donors (Lipinski definition) is 3. The minimum atomic E-state index is -1.94. The molecular weight excluding hydrogens is 387 g/mol. The van der Waals surface area contributed by atoms with Crippen molar-refractivity contribution in [3.63, 3.8) is 0 Å². The summed E-state index contributed by atoms with van der Waals surface area (Å²) in [5, 5.41) is 5.71. The Morgan fingerprint density at radius 2 is 2.03 bits per heavy atom. The predicted octanol–water partition coefficient (Wildman–Crippen LogP) is 2.92. The minimum absolute atomic E-state index is 0.0480. The van der Waals surface area contributed by atoms with Crippen LogP contribution in [0.1, 0.15) is 33.2 Å². The maximum atomic E-state index is 14.2. The molecule has 1 aliphatic rings. The number of allylic oxidation sites excluding steroid dienone is 2. The summed E-state index contributed by atoms with van der Waals surface area (Å²) in [6.07, 6.45) is 0.756. The van der Waals surface area contributed by atoms with Gasteiger partial charge in [0.05, 0.1) is 6.20 Å². The number of hydrogen-bond acceptors (Lipinski definition) is 6. The van der Waals surface area contributed by atoms with Crippen molar-refractivity contribution in [1.29, 1.82) is 0 Å². The number of anilines is 2. The Kier molecular flexibility index (Phi) is 5.76. The van der Waals surface area contributed by atoms with E-state index in [1.807, 2.05) is 13.8 Å². The SMILES string of the molecule is CC(C)Nc1ncc2nc(NC3C(F)=CC(F)=CC3F)n([C@H](C)CC(N)=O)c2n1. The maximum absolute atomic E-state index is 14.2. The third-order valence-electron chi connectivity index (χ3n) is 4.28. The first-order valence-corrected chi connectivity index (χ1v) is 9.10. The van der Waals surface area contributed by atoms with E-state index in [1.165, 1.54) is 10.8 Å². The van der Waals surface area contributed by atoms with Gasteiger partial charge in [0.15, 0.2) is 5.65 Å². The van der Waals surface area contributed by atoms with Gasteiger partial charge in [-0.05, 0) is 26.8 Å². The average molecular weight is 409 g/mol. The quantitative estimate of drug-likeness (QED) is 0.649. The summed E-state index contributed by atoms with van der Waals surface area (Å²) in [7, 11) is 0. The molecule has 0 saturated heterocycles. The second-order valence-corrected chi connectivity index (χ2v) is 7.17. The van der Waals surface area contributed by atoms with Crippen LogP contribution in [0.5, 0.6) is 0 Å². The fourth-order valence-corrected chi connectivity index (χ4v) is 3.08. The number of rotatable bonds is 7. The molecule has 3 atom stereocenters. The van der Waals surface area contributed by atoms with Gasteiger partial charge < -0.3 is 16.4 Å². The van der Waals surface area contributed by atoms with Crippen LogP contribution in [0.2, 0.25) is 0 Å². The van der Waals surface area contributed by atoms with Crippen molar-refractivity contribution in [3.8, 4) is 0 Å². The number of alkyl halides is 1. The van der Waals surface area contributed by atoms with Crippen molar-refractivity contribution in [2.45, 2.75) is 51.5 Å². The largest absolute Gasteiger partial charge is 0.370 e. The summed E-state index contributed by atoms with van der Waals surface area (Å²) in [5.74, 6) is -2.15. The summed E-state index contributed by atoms with van der Waals surface area (Å²) < 4.78 is 43.2. The zero-order valence-corrected chi connectivity index (χ0v) is 16.2. The molecule has 1 amide bonds. The number of aromatic nitrogens is 4. The lowest BCUT2D eigenvalue weighted by atomic mass is 10.1. The van der Waals surface area contributed by atoms with E-state index in [0.717, 1.165) is 0 Å². The number of nitrogens with two attached hydrogens (primary N) is 1. The predicted molar refractivity (Wildman–Crippen MR) is 103 cm³/mol. The van der Waals surface area contributed by atoms with Crippen molar-refractivity contribution >= 4 is 29.0 Å². The molecule has 156 valence electrons. The van der Waals surface area contributed by atoms with Gasteiger partial charge in [0.25, 0.3) is 0 Å². The van der Waals surface area contributed by atoms with E-state index in [9.17, 15) is 18.0 Å². The Morgan fingerprint density at radius 1 is 1.31 bits per heavy atom. The van der Waals surface area contributed by atoms with Gasteiger partial charge in [0.1, 0.15) is 29.4 Å². The molecule has 11 heteroatoms. The van der Waals surface area contributed by atoms with Crippen LogP contribution in [0.15, 0.2) is 30.0 Å². The monoisotopic (exact) mass is 409 g/mol. The summed E-state index contributed by atoms with van der Waals surface area (Å²) in [6.45, 7) is 5.54. The molecule has 0 saturated carbocycles. The molecule has 8 nitrogen and oxygen atoms in total. The summed E-state index contributed by atoms with van der Waals surface area (Å²) in [5.41, 5.74) is 6.03. The number of nitrogens with zero attached hydrogens (tertiary/aromatic N) is 4. The standard InChI is InChI=1S/C18H22F3N7O/c1-8(2)24-17-23-7-13-16(27-17)28(9(3)4-14(22)29)18(25-13)26-15-11(20)5-10(19)6-12(15)21/h5-9,11,15H,4H2,1-3H3,(H2,22,29)(H,25,26)(H,23,24,27)/t9-,11?,15?/m1/s1. The van der Waals surface area contributed by atoms with Gasteiger partial charge in [0.2, 0.25) is 17.8 Å². The lowest BCUT2D eigenvalue weighted by Crippen LogP contribution is -2.34. The lowest BCUT2D eigenvalue weighted by Gasteiger charge is -2.24. The van der Waals surface area contributed by atoms with Crippen LogP contribution in [0.3, 0.4) is 0 Å². The molecule has 0 radical (unpaired) electrons. The number of imidazole rings is 1. The highest BCUT2D eigenvalue weighted by Crippen LogP contribution is 2.30. The Hall–Kier alpha value is -3.11. The number of carbonyl (C=O) groups excluding carboxylic acids is 1. The second-order valence-electron chi connectivity index (χ2n) is 7.17. The molecule has 2 aromatic rings. The summed E-state index contributed by atoms with van der Waals surface area (Å²) in [6, 6.07) is -1.91. The van der Waals surface area contributed by atoms with Gasteiger partial charge >= 0.3 is 0 Å². The molecule has 0 spiro atoms. The number of primary amides is 1. The third kappa shape index (κ3) is 4.49. The molecule has 0 bridgehead atoms. The van der Waals surface area contributed by atoms with E-state index in [2.05, 4.69) is 25.6 Å². The third-order valence-corrected chi connectivity index (χ3v) is 4.28. The number of nitrogens with one attached hydrogen (secondary N) is 2. The first-order chi connectivity index (χ1) is 13.7. The highest BCUT2D eigenvalue weighted by molar-refractivity contribution is 5.77. The number of carbonyl (C=O) groups is 1. The van der Waals surface area contributed by atoms with E-state index in [-0.39, 0.29) is 18.4 Å². The molecular formula is C18H22F3N7O. The maximum Gasteiger partial charge on any atom is 0.224 e. The van der Waals surface area contributed by atoms with Crippen molar-refractivity contribution in [3.05, 3.63) is 30.0 Å². The molecule has 1 aliphatic carbocycles. The smallest absolute Gasteiger partial charge is 0.224 e. The lowest BCUT2D eigenvalue weighted by molar-refractivity contribution is -0.118. The van der Waals surface area contributed by atoms with Gasteiger partial charge in [-0.15, -0.1) is 0 Å². The fraction of sp³-hybridized carbons (Fsp3) is 0.444. The molecule has 4 N–H and O–H groups in total. The molecule has 3 rings (SSSR count). The van der Waals surface area contributed by atoms with E-state index in [1.54, 1.807) is 6.92 Å². The number of amides is 1. The van der Waals surface area contributed by atoms with E-state index < -0.39 is 35.8 Å². The fourth-order valence-electron chi connectivity index (χ4n) is 3.08. The first kappa shape index (κ1) is 20.6. The van der Waals surface area contributed by atoms with Gasteiger partial charge in [-0.1, -0.05) is 0 Å².